The first-order valence-corrected chi connectivity index (χ1v) is 17.5. The van der Waals surface area contributed by atoms with Gasteiger partial charge in [-0.05, 0) is 109 Å². The first-order chi connectivity index (χ1) is 25.3. The minimum atomic E-state index is 1.10. The van der Waals surface area contributed by atoms with Crippen LogP contribution in [0.1, 0.15) is 0 Å². The van der Waals surface area contributed by atoms with Gasteiger partial charge in [-0.15, -0.1) is 0 Å². The maximum Gasteiger partial charge on any atom is 0.0467 e. The Kier molecular flexibility index (Phi) is 7.92. The molecule has 0 saturated heterocycles. The zero-order valence-electron chi connectivity index (χ0n) is 28.2. The monoisotopic (exact) mass is 649 g/mol. The zero-order valence-corrected chi connectivity index (χ0v) is 28.2. The normalized spacial score (nSPS) is 11.1. The second-order valence-electron chi connectivity index (χ2n) is 13.0. The molecule has 0 amide bonds. The molecule has 0 unspecified atom stereocenters. The van der Waals surface area contributed by atoms with Crippen molar-refractivity contribution < 1.29 is 0 Å². The summed E-state index contributed by atoms with van der Waals surface area (Å²) in [6.07, 6.45) is 0. The third kappa shape index (κ3) is 5.96. The van der Waals surface area contributed by atoms with Crippen LogP contribution in [0.2, 0.25) is 0 Å². The van der Waals surface area contributed by atoms with E-state index in [9.17, 15) is 0 Å². The lowest BCUT2D eigenvalue weighted by Gasteiger charge is -2.27. The maximum atomic E-state index is 2.38. The predicted octanol–water partition coefficient (Wildman–Crippen LogP) is 14.1. The van der Waals surface area contributed by atoms with Gasteiger partial charge >= 0.3 is 0 Å². The van der Waals surface area contributed by atoms with Crippen LogP contribution in [0, 0.1) is 0 Å². The van der Waals surface area contributed by atoms with E-state index in [4.69, 9.17) is 0 Å². The van der Waals surface area contributed by atoms with Crippen molar-refractivity contribution in [2.75, 3.05) is 4.90 Å². The molecule has 0 spiro atoms. The molecule has 0 fully saturated rings. The number of benzene rings is 9. The molecule has 0 atom stereocenters. The predicted molar refractivity (Wildman–Crippen MR) is 218 cm³/mol. The first-order valence-electron chi connectivity index (χ1n) is 17.5. The van der Waals surface area contributed by atoms with Gasteiger partial charge < -0.3 is 4.90 Å². The van der Waals surface area contributed by atoms with Crippen molar-refractivity contribution in [2.45, 2.75) is 0 Å². The smallest absolute Gasteiger partial charge is 0.0467 e. The highest BCUT2D eigenvalue weighted by Crippen LogP contribution is 2.41. The average Bonchev–Trinajstić information content (AvgIpc) is 3.21. The van der Waals surface area contributed by atoms with E-state index in [-0.39, 0.29) is 0 Å². The lowest BCUT2D eigenvalue weighted by molar-refractivity contribution is 1.28. The Morgan fingerprint density at radius 3 is 1.51 bits per heavy atom. The molecule has 0 aliphatic heterocycles. The van der Waals surface area contributed by atoms with E-state index < -0.39 is 0 Å². The molecular formula is C50H35N. The third-order valence-electron chi connectivity index (χ3n) is 9.84. The fraction of sp³-hybridized carbons (Fsp3) is 0. The Labute approximate surface area is 299 Å². The SMILES string of the molecule is c1ccc(-c2ccccc2-c2cccc(N(c3ccc(-c4cccc5ccccc45)cc3)c3cccc(-c4ccc5ccccc5c4)c3)c2)cc1. The summed E-state index contributed by atoms with van der Waals surface area (Å²) < 4.78 is 0. The maximum absolute atomic E-state index is 2.38. The highest BCUT2D eigenvalue weighted by atomic mass is 15.1. The van der Waals surface area contributed by atoms with Gasteiger partial charge in [0.25, 0.3) is 0 Å². The molecule has 9 rings (SSSR count). The van der Waals surface area contributed by atoms with Crippen molar-refractivity contribution in [1.82, 2.24) is 0 Å². The van der Waals surface area contributed by atoms with Crippen molar-refractivity contribution >= 4 is 38.6 Å². The molecule has 9 aromatic rings. The molecular weight excluding hydrogens is 615 g/mol. The van der Waals surface area contributed by atoms with E-state index in [0.29, 0.717) is 0 Å². The van der Waals surface area contributed by atoms with E-state index in [2.05, 4.69) is 217 Å². The van der Waals surface area contributed by atoms with E-state index in [0.717, 1.165) is 17.1 Å². The summed E-state index contributed by atoms with van der Waals surface area (Å²) in [6.45, 7) is 0. The fourth-order valence-electron chi connectivity index (χ4n) is 7.32. The molecule has 51 heavy (non-hydrogen) atoms. The van der Waals surface area contributed by atoms with Crippen molar-refractivity contribution in [3.05, 3.63) is 212 Å². The molecule has 0 aliphatic carbocycles. The van der Waals surface area contributed by atoms with Crippen LogP contribution in [0.3, 0.4) is 0 Å². The minimum absolute atomic E-state index is 1.10. The molecule has 1 nitrogen and oxygen atoms in total. The molecule has 0 radical (unpaired) electrons. The highest BCUT2D eigenvalue weighted by molar-refractivity contribution is 5.97. The number of hydrogen-bond donors (Lipinski definition) is 0. The number of anilines is 3. The van der Waals surface area contributed by atoms with Gasteiger partial charge in [-0.2, -0.15) is 0 Å². The summed E-state index contributed by atoms with van der Waals surface area (Å²) >= 11 is 0. The van der Waals surface area contributed by atoms with Crippen molar-refractivity contribution in [2.24, 2.45) is 0 Å². The van der Waals surface area contributed by atoms with E-state index in [1.165, 1.54) is 66.1 Å². The molecule has 0 aromatic heterocycles. The number of nitrogens with zero attached hydrogens (tertiary/aromatic N) is 1. The first kappa shape index (κ1) is 30.4. The molecule has 0 saturated carbocycles. The van der Waals surface area contributed by atoms with Gasteiger partial charge in [0.05, 0.1) is 0 Å². The third-order valence-corrected chi connectivity index (χ3v) is 9.84. The average molecular weight is 650 g/mol. The summed E-state index contributed by atoms with van der Waals surface area (Å²) in [5.74, 6) is 0. The zero-order chi connectivity index (χ0) is 34.0. The van der Waals surface area contributed by atoms with Gasteiger partial charge in [0.1, 0.15) is 0 Å². The highest BCUT2D eigenvalue weighted by Gasteiger charge is 2.16. The Bertz CT molecular complexity index is 2630. The van der Waals surface area contributed by atoms with Crippen LogP contribution >= 0.6 is 0 Å². The van der Waals surface area contributed by atoms with Crippen LogP contribution in [0.4, 0.5) is 17.1 Å². The van der Waals surface area contributed by atoms with Crippen LogP contribution in [-0.4, -0.2) is 0 Å². The standard InChI is InChI=1S/C50H35N/c1-2-14-37(15-3-1)48-24-8-9-25-50(48)43-20-11-22-46(35-43)51(44-31-29-39(30-32-44)49-26-12-18-38-16-6-7-23-47(38)49)45-21-10-19-41(34-45)42-28-27-36-13-4-5-17-40(36)33-42/h1-35H. The Balaban J connectivity index is 1.18. The minimum Gasteiger partial charge on any atom is -0.310 e. The summed E-state index contributed by atoms with van der Waals surface area (Å²) in [5.41, 5.74) is 12.9. The number of fused-ring (bicyclic) bond motifs is 2. The van der Waals surface area contributed by atoms with Crippen LogP contribution < -0.4 is 4.90 Å². The lowest BCUT2D eigenvalue weighted by Crippen LogP contribution is -2.10. The second kappa shape index (κ2) is 13.3. The number of rotatable bonds is 7. The van der Waals surface area contributed by atoms with Gasteiger partial charge in [-0.3, -0.25) is 0 Å². The van der Waals surface area contributed by atoms with Crippen molar-refractivity contribution in [3.8, 4) is 44.5 Å². The molecule has 9 aromatic carbocycles. The Hall–Kier alpha value is -6.70. The van der Waals surface area contributed by atoms with Gasteiger partial charge in [0.15, 0.2) is 0 Å². The topological polar surface area (TPSA) is 3.24 Å². The summed E-state index contributed by atoms with van der Waals surface area (Å²) in [4.78, 5) is 2.38. The quantitative estimate of drug-likeness (QED) is 0.166. The molecule has 240 valence electrons. The van der Waals surface area contributed by atoms with Crippen molar-refractivity contribution in [3.63, 3.8) is 0 Å². The number of hydrogen-bond acceptors (Lipinski definition) is 1. The molecule has 0 N–H and O–H groups in total. The Morgan fingerprint density at radius 2 is 0.725 bits per heavy atom. The van der Waals surface area contributed by atoms with Gasteiger partial charge in [0, 0.05) is 17.1 Å². The second-order valence-corrected chi connectivity index (χ2v) is 13.0. The van der Waals surface area contributed by atoms with Crippen LogP contribution in [0.15, 0.2) is 212 Å². The van der Waals surface area contributed by atoms with Gasteiger partial charge in [-0.25, -0.2) is 0 Å². The van der Waals surface area contributed by atoms with Crippen LogP contribution in [0.5, 0.6) is 0 Å². The van der Waals surface area contributed by atoms with Crippen LogP contribution in [-0.2, 0) is 0 Å². The van der Waals surface area contributed by atoms with Crippen LogP contribution in [0.25, 0.3) is 66.1 Å². The summed E-state index contributed by atoms with van der Waals surface area (Å²) in [6, 6.07) is 76.7. The Morgan fingerprint density at radius 1 is 0.235 bits per heavy atom. The molecule has 0 bridgehead atoms. The van der Waals surface area contributed by atoms with Gasteiger partial charge in [0.2, 0.25) is 0 Å². The molecule has 0 aliphatic rings. The van der Waals surface area contributed by atoms with Gasteiger partial charge in [-0.1, -0.05) is 170 Å². The largest absolute Gasteiger partial charge is 0.310 e. The molecule has 1 heteroatoms. The lowest BCUT2D eigenvalue weighted by atomic mass is 9.94. The summed E-state index contributed by atoms with van der Waals surface area (Å²) in [5, 5.41) is 5.00. The van der Waals surface area contributed by atoms with E-state index in [1.54, 1.807) is 0 Å². The van der Waals surface area contributed by atoms with Crippen molar-refractivity contribution in [1.29, 1.82) is 0 Å². The fourth-order valence-corrected chi connectivity index (χ4v) is 7.32. The van der Waals surface area contributed by atoms with E-state index in [1.807, 2.05) is 0 Å². The van der Waals surface area contributed by atoms with E-state index >= 15 is 0 Å². The summed E-state index contributed by atoms with van der Waals surface area (Å²) in [7, 11) is 0. The molecule has 0 heterocycles.